The molecule has 0 radical (unpaired) electrons. The van der Waals surface area contributed by atoms with E-state index in [1.807, 2.05) is 27.0 Å². The summed E-state index contributed by atoms with van der Waals surface area (Å²) in [6, 6.07) is -2.76. The molecule has 0 aromatic heterocycles. The van der Waals surface area contributed by atoms with Crippen LogP contribution in [0.2, 0.25) is 0 Å². The zero-order valence-electron chi connectivity index (χ0n) is 52.7. The molecule has 21 N–H and O–H groups in total. The van der Waals surface area contributed by atoms with Crippen LogP contribution in [-0.2, 0) is 54.4 Å². The lowest BCUT2D eigenvalue weighted by Gasteiger charge is -2.29. The molecule has 0 unspecified atom stereocenters. The highest BCUT2D eigenvalue weighted by Gasteiger charge is 2.35. The van der Waals surface area contributed by atoms with E-state index in [1.165, 1.54) is 23.9 Å². The molecular weight excluding hydrogens is 1210 g/mol. The maximum atomic E-state index is 14.5. The summed E-state index contributed by atoms with van der Waals surface area (Å²) in [6.45, 7) is 10.5. The number of nitrogens with one attached hydrogen (secondary N) is 10. The van der Waals surface area contributed by atoms with E-state index in [1.54, 1.807) is 26.0 Å². The topological polar surface area (TPSA) is 466 Å². The largest absolute Gasteiger partial charge is 0.508 e. The number of thiol groups is 2. The van der Waals surface area contributed by atoms with Crippen molar-refractivity contribution in [1.82, 2.24) is 53.2 Å². The van der Waals surface area contributed by atoms with Crippen molar-refractivity contribution in [2.75, 3.05) is 56.2 Å². The van der Waals surface area contributed by atoms with Crippen molar-refractivity contribution >= 4 is 108 Å². The number of hydrogen-bond donors (Lipinski definition) is 18. The van der Waals surface area contributed by atoms with E-state index in [9.17, 15) is 53.1 Å². The minimum Gasteiger partial charge on any atom is -0.508 e. The minimum absolute atomic E-state index is 0.00101. The molecule has 0 fully saturated rings. The first kappa shape index (κ1) is 80.3. The van der Waals surface area contributed by atoms with Gasteiger partial charge in [0, 0.05) is 56.9 Å². The van der Waals surface area contributed by atoms with Gasteiger partial charge in [-0.25, -0.2) is 0 Å². The molecule has 10 amide bonds. The van der Waals surface area contributed by atoms with E-state index in [0.29, 0.717) is 82.3 Å². The molecule has 0 saturated heterocycles. The predicted octanol–water partition coefficient (Wildman–Crippen LogP) is -1.04. The van der Waals surface area contributed by atoms with Crippen LogP contribution < -0.4 is 81.8 Å². The molecule has 1 aromatic carbocycles. The van der Waals surface area contributed by atoms with Crippen molar-refractivity contribution in [2.45, 2.75) is 186 Å². The van der Waals surface area contributed by atoms with Crippen LogP contribution in [0.1, 0.15) is 136 Å². The number of aliphatic imine (C=N–C) groups is 2. The van der Waals surface area contributed by atoms with Gasteiger partial charge in [-0.3, -0.25) is 57.9 Å². The van der Waals surface area contributed by atoms with E-state index >= 15 is 0 Å². The van der Waals surface area contributed by atoms with Gasteiger partial charge >= 0.3 is 0 Å². The van der Waals surface area contributed by atoms with Gasteiger partial charge in [0.1, 0.15) is 48.0 Å². The number of thioether (sulfide) groups is 1. The Kier molecular flexibility index (Phi) is 41.8. The van der Waals surface area contributed by atoms with E-state index in [2.05, 4.69) is 88.4 Å². The van der Waals surface area contributed by atoms with Gasteiger partial charge in [0.25, 0.3) is 0 Å². The number of amides is 10. The van der Waals surface area contributed by atoms with Crippen LogP contribution in [0, 0.1) is 11.8 Å². The van der Waals surface area contributed by atoms with Crippen molar-refractivity contribution in [3.05, 3.63) is 29.8 Å². The van der Waals surface area contributed by atoms with Gasteiger partial charge in [-0.05, 0) is 119 Å². The summed E-state index contributed by atoms with van der Waals surface area (Å²) in [5, 5.41) is 38.0. The molecule has 0 aliphatic rings. The number of hydrogen-bond acceptors (Lipinski definition) is 17. The molecular formula is C58H103N17O11S3. The second-order valence-corrected chi connectivity index (χ2v) is 24.1. The third-order valence-electron chi connectivity index (χ3n) is 13.8. The monoisotopic (exact) mass is 1310 g/mol. The van der Waals surface area contributed by atoms with Gasteiger partial charge in [0.2, 0.25) is 59.1 Å². The Morgan fingerprint density at radius 2 is 1.00 bits per heavy atom. The Balaban J connectivity index is 3.33. The summed E-state index contributed by atoms with van der Waals surface area (Å²) < 4.78 is 0. The number of phenolic OH excluding ortho intramolecular Hbond substituents is 1. The Morgan fingerprint density at radius 1 is 0.517 bits per heavy atom. The molecule has 28 nitrogen and oxygen atoms in total. The van der Waals surface area contributed by atoms with Crippen molar-refractivity contribution in [2.24, 2.45) is 50.5 Å². The summed E-state index contributed by atoms with van der Waals surface area (Å²) in [5.74, 6) is -6.13. The zero-order chi connectivity index (χ0) is 66.8. The van der Waals surface area contributed by atoms with Crippen LogP contribution in [0.3, 0.4) is 0 Å². The smallest absolute Gasteiger partial charge is 0.244 e. The van der Waals surface area contributed by atoms with Crippen LogP contribution in [0.15, 0.2) is 34.3 Å². The highest BCUT2D eigenvalue weighted by Crippen LogP contribution is 2.15. The number of phenols is 1. The highest BCUT2D eigenvalue weighted by atomic mass is 32.2. The Morgan fingerprint density at radius 3 is 1.55 bits per heavy atom. The molecule has 0 saturated carbocycles. The van der Waals surface area contributed by atoms with Crippen molar-refractivity contribution in [3.8, 4) is 5.75 Å². The van der Waals surface area contributed by atoms with Gasteiger partial charge in [-0.15, -0.1) is 0 Å². The fourth-order valence-corrected chi connectivity index (χ4v) is 9.82. The molecule has 0 aliphatic heterocycles. The zero-order valence-corrected chi connectivity index (χ0v) is 55.3. The lowest BCUT2D eigenvalue weighted by Crippen LogP contribution is -2.61. The highest BCUT2D eigenvalue weighted by molar-refractivity contribution is 7.98. The quantitative estimate of drug-likeness (QED) is 0.0160. The number of carbonyl (C=O) groups is 10. The Hall–Kier alpha value is -6.73. The molecule has 0 heterocycles. The SMILES string of the molecule is CCCC[C@@H](NC(=O)[C@H](CC(C)C)NC(=O)[C@H](CCSC)NC(=O)[C@H](CS)NC(=O)CCCCN=C(N)N)C(=O)N[C@@H](CCCN=C(N)N)C(=O)N[C@H](C(=O)N[C@@H](Cc1ccc(O)cc1)C(=O)NCCCCC(=O)NCCCCN[C@@H](CS)C(N)=O)C(C)C. The summed E-state index contributed by atoms with van der Waals surface area (Å²) >= 11 is 9.82. The molecule has 1 aromatic rings. The third-order valence-corrected chi connectivity index (χ3v) is 15.2. The van der Waals surface area contributed by atoms with Crippen molar-refractivity contribution in [1.29, 1.82) is 0 Å². The van der Waals surface area contributed by atoms with Crippen LogP contribution in [-0.4, -0.2) is 181 Å². The number of benzene rings is 1. The van der Waals surface area contributed by atoms with Gasteiger partial charge < -0.3 is 86.9 Å². The van der Waals surface area contributed by atoms with Crippen LogP contribution in [0.4, 0.5) is 0 Å². The summed E-state index contributed by atoms with van der Waals surface area (Å²) in [7, 11) is 0. The van der Waals surface area contributed by atoms with E-state index in [0.717, 1.165) is 0 Å². The predicted molar refractivity (Wildman–Crippen MR) is 354 cm³/mol. The van der Waals surface area contributed by atoms with Gasteiger partial charge in [0.15, 0.2) is 11.9 Å². The molecule has 0 spiro atoms. The lowest BCUT2D eigenvalue weighted by molar-refractivity contribution is -0.136. The maximum absolute atomic E-state index is 14.5. The van der Waals surface area contributed by atoms with Gasteiger partial charge in [0.05, 0.1) is 6.04 Å². The first-order valence-electron chi connectivity index (χ1n) is 30.5. The normalized spacial score (nSPS) is 13.8. The second kappa shape index (κ2) is 46.4. The maximum Gasteiger partial charge on any atom is 0.244 e. The Bertz CT molecular complexity index is 2420. The van der Waals surface area contributed by atoms with Crippen LogP contribution in [0.25, 0.3) is 0 Å². The first-order valence-corrected chi connectivity index (χ1v) is 33.2. The lowest BCUT2D eigenvalue weighted by atomic mass is 9.99. The number of rotatable bonds is 48. The van der Waals surface area contributed by atoms with E-state index in [4.69, 9.17) is 28.7 Å². The minimum atomic E-state index is -1.30. The molecule has 0 aliphatic carbocycles. The fraction of sp³-hybridized carbons (Fsp3) is 0.690. The van der Waals surface area contributed by atoms with E-state index < -0.39 is 107 Å². The summed E-state index contributed by atoms with van der Waals surface area (Å²) in [6.07, 6.45) is 7.08. The first-order chi connectivity index (χ1) is 42.3. The van der Waals surface area contributed by atoms with Crippen LogP contribution in [0.5, 0.6) is 5.75 Å². The molecule has 89 heavy (non-hydrogen) atoms. The standard InChI is InChI=1S/C58H103N17O11S3/c1-7-8-16-39(71-54(84)42(31-35(2)3)73-52(82)41(24-30-89-6)72-55(85)45(34-88)69-47(78)19-10-12-28-67-57(60)61)51(81)70-40(17-15-29-68-58(62)63)53(83)75-48(36(4)5)56(86)74-43(32-37-20-22-38(76)23-21-37)50(80)66-27-11-9-18-46(77)65-26-14-13-25-64-44(33-87)49(59)79/h20-23,35-36,39-45,48,64,76,87-88H,7-19,24-34H2,1-6H3,(H2,59,79)(H,65,77)(H,66,80)(H,69,78)(H,70,81)(H,71,84)(H,72,85)(H,73,82)(H,74,86)(H,75,83)(H4,60,61,67)(H4,62,63,68)/t39-,40+,41+,42+,43+,44+,45+,48+/m1/s1. The summed E-state index contributed by atoms with van der Waals surface area (Å²) in [4.78, 5) is 144. The summed E-state index contributed by atoms with van der Waals surface area (Å²) in [5.41, 5.74) is 27.8. The molecule has 0 bridgehead atoms. The van der Waals surface area contributed by atoms with Gasteiger partial charge in [-0.2, -0.15) is 37.0 Å². The van der Waals surface area contributed by atoms with Crippen molar-refractivity contribution < 1.29 is 53.1 Å². The molecule has 1 rings (SSSR count). The third kappa shape index (κ3) is 35.9. The number of carbonyl (C=O) groups excluding carboxylic acids is 10. The number of nitrogens with zero attached hydrogens (tertiary/aromatic N) is 2. The average molecular weight is 1310 g/mol. The number of unbranched alkanes of at least 4 members (excludes halogenated alkanes) is 4. The Labute approximate surface area is 539 Å². The van der Waals surface area contributed by atoms with Crippen molar-refractivity contribution in [3.63, 3.8) is 0 Å². The average Bonchev–Trinajstić information content (AvgIpc) is 3.66. The number of primary amides is 1. The van der Waals surface area contributed by atoms with Crippen LogP contribution >= 0.6 is 37.0 Å². The second-order valence-electron chi connectivity index (χ2n) is 22.4. The molecule has 31 heteroatoms. The molecule has 504 valence electrons. The van der Waals surface area contributed by atoms with Gasteiger partial charge in [-0.1, -0.05) is 59.6 Å². The number of aromatic hydroxyl groups is 1. The molecule has 8 atom stereocenters. The van der Waals surface area contributed by atoms with E-state index in [-0.39, 0.29) is 105 Å². The number of nitrogens with two attached hydrogens (primary N) is 5. The number of guanidine groups is 2. The fourth-order valence-electron chi connectivity index (χ4n) is 8.78.